The van der Waals surface area contributed by atoms with Crippen LogP contribution >= 0.6 is 0 Å². The molecule has 0 spiro atoms. The number of carbonyl (C=O) groups is 1. The SMILES string of the molecule is NC1=N[C@@](c2cccc(N[C](=O)[Al])c2)(C(F)F)C(F)(F)CC1. The largest absolute Gasteiger partial charge is 0.387 e. The molecule has 1 aromatic rings. The van der Waals surface area contributed by atoms with E-state index in [0.29, 0.717) is 0 Å². The standard InChI is InChI=1S/C13H12F4N3O.Al/c14-11(15)13(12(16,17)5-4-10(18)20-13)8-2-1-3-9(6-8)19-7-21;/h1-3,6,11H,4-5H2,(H2,18,20)(H,19,21);/t13-;/m0./s1. The van der Waals surface area contributed by atoms with Crippen LogP contribution in [0.3, 0.4) is 0 Å². The minimum Gasteiger partial charge on any atom is -0.387 e. The number of hydrogen-bond donors (Lipinski definition) is 2. The molecule has 22 heavy (non-hydrogen) atoms. The Labute approximate surface area is 132 Å². The molecule has 0 saturated carbocycles. The fourth-order valence-corrected chi connectivity index (χ4v) is 2.59. The molecular weight excluding hydrogens is 317 g/mol. The van der Waals surface area contributed by atoms with Crippen LogP contribution in [0.15, 0.2) is 29.3 Å². The van der Waals surface area contributed by atoms with Gasteiger partial charge >= 0.3 is 0 Å². The second kappa shape index (κ2) is 5.90. The maximum absolute atomic E-state index is 14.3. The Kier molecular flexibility index (Phi) is 4.50. The van der Waals surface area contributed by atoms with Gasteiger partial charge in [-0.3, -0.25) is 0 Å². The van der Waals surface area contributed by atoms with Crippen LogP contribution in [0.2, 0.25) is 0 Å². The minimum absolute atomic E-state index is 0.118. The van der Waals surface area contributed by atoms with Gasteiger partial charge in [-0.15, -0.1) is 0 Å². The van der Waals surface area contributed by atoms with Crippen molar-refractivity contribution >= 4 is 32.6 Å². The lowest BCUT2D eigenvalue weighted by Crippen LogP contribution is -2.53. The number of carbonyl (C=O) groups excluding carboxylic acids is 1. The highest BCUT2D eigenvalue weighted by Gasteiger charge is 2.62. The van der Waals surface area contributed by atoms with Crippen LogP contribution in [0.4, 0.5) is 28.0 Å². The number of hydrogen-bond acceptors (Lipinski definition) is 3. The van der Waals surface area contributed by atoms with E-state index in [1.165, 1.54) is 12.1 Å². The van der Waals surface area contributed by atoms with Crippen molar-refractivity contribution in [3.63, 3.8) is 0 Å². The molecule has 0 fully saturated rings. The van der Waals surface area contributed by atoms with E-state index in [4.69, 9.17) is 5.73 Å². The van der Waals surface area contributed by atoms with E-state index in [9.17, 15) is 22.4 Å². The predicted molar refractivity (Wildman–Crippen MR) is 74.7 cm³/mol. The molecule has 0 aliphatic carbocycles. The molecule has 0 aromatic heterocycles. The number of nitrogens with two attached hydrogens (primary N) is 1. The van der Waals surface area contributed by atoms with E-state index in [1.807, 2.05) is 16.3 Å². The molecule has 3 N–H and O–H groups in total. The lowest BCUT2D eigenvalue weighted by atomic mass is 9.80. The van der Waals surface area contributed by atoms with Gasteiger partial charge < -0.3 is 15.8 Å². The quantitative estimate of drug-likeness (QED) is 0.661. The van der Waals surface area contributed by atoms with Gasteiger partial charge in [0.25, 0.3) is 28.6 Å². The van der Waals surface area contributed by atoms with Crippen molar-refractivity contribution in [2.75, 3.05) is 5.32 Å². The molecule has 0 unspecified atom stereocenters. The first kappa shape index (κ1) is 16.8. The molecule has 1 atom stereocenters. The zero-order valence-electron chi connectivity index (χ0n) is 11.3. The zero-order valence-corrected chi connectivity index (χ0v) is 12.5. The van der Waals surface area contributed by atoms with E-state index in [1.54, 1.807) is 0 Å². The van der Waals surface area contributed by atoms with Crippen LogP contribution in [0.25, 0.3) is 0 Å². The van der Waals surface area contributed by atoms with Gasteiger partial charge in [-0.1, -0.05) is 12.1 Å². The number of amides is 1. The number of alkyl halides is 4. The van der Waals surface area contributed by atoms with Crippen LogP contribution in [-0.4, -0.2) is 39.2 Å². The van der Waals surface area contributed by atoms with Crippen LogP contribution in [0.1, 0.15) is 18.4 Å². The molecule has 1 aliphatic rings. The third-order valence-corrected chi connectivity index (χ3v) is 3.60. The van der Waals surface area contributed by atoms with E-state index in [-0.39, 0.29) is 17.9 Å². The van der Waals surface area contributed by atoms with Gasteiger partial charge in [0.2, 0.25) is 5.54 Å². The number of nitrogens with one attached hydrogen (secondary N) is 1. The first-order valence-electron chi connectivity index (χ1n) is 6.36. The molecular formula is C13H12AlF4N3O. The Hall–Kier alpha value is -1.59. The molecule has 2 radical (unpaired) electrons. The number of halogens is 4. The highest BCUT2D eigenvalue weighted by Crippen LogP contribution is 2.50. The van der Waals surface area contributed by atoms with Gasteiger partial charge in [-0.2, -0.15) is 0 Å². The molecule has 1 aromatic carbocycles. The molecule has 1 heterocycles. The predicted octanol–water partition coefficient (Wildman–Crippen LogP) is 2.63. The first-order chi connectivity index (χ1) is 10.2. The molecule has 2 rings (SSSR count). The summed E-state index contributed by atoms with van der Waals surface area (Å²) in [4.78, 5) is 14.4. The summed E-state index contributed by atoms with van der Waals surface area (Å²) in [5.74, 6) is -4.00. The van der Waals surface area contributed by atoms with Gasteiger partial charge in [0, 0.05) is 18.5 Å². The van der Waals surface area contributed by atoms with Gasteiger partial charge in [0.05, 0.1) is 5.84 Å². The van der Waals surface area contributed by atoms with Crippen molar-refractivity contribution in [3.8, 4) is 0 Å². The van der Waals surface area contributed by atoms with Crippen molar-refractivity contribution in [1.82, 2.24) is 0 Å². The van der Waals surface area contributed by atoms with Crippen molar-refractivity contribution in [2.45, 2.75) is 30.7 Å². The van der Waals surface area contributed by atoms with Gasteiger partial charge in [0.15, 0.2) is 0 Å². The average Bonchev–Trinajstić information content (AvgIpc) is 2.40. The molecule has 9 heteroatoms. The number of nitrogens with zero attached hydrogens (tertiary/aromatic N) is 1. The van der Waals surface area contributed by atoms with Crippen LogP contribution in [-0.2, 0) is 5.54 Å². The molecule has 4 nitrogen and oxygen atoms in total. The van der Waals surface area contributed by atoms with E-state index in [2.05, 4.69) is 10.3 Å². The number of aliphatic imine (C=N–C) groups is 1. The van der Waals surface area contributed by atoms with Crippen molar-refractivity contribution in [3.05, 3.63) is 29.8 Å². The third kappa shape index (κ3) is 2.83. The summed E-state index contributed by atoms with van der Waals surface area (Å²) < 4.78 is 55.2. The summed E-state index contributed by atoms with van der Waals surface area (Å²) in [6.07, 6.45) is -4.51. The Morgan fingerprint density at radius 1 is 1.41 bits per heavy atom. The summed E-state index contributed by atoms with van der Waals surface area (Å²) in [6, 6.07) is 4.88. The van der Waals surface area contributed by atoms with Crippen LogP contribution < -0.4 is 11.1 Å². The Morgan fingerprint density at radius 2 is 2.09 bits per heavy atom. The number of amidine groups is 1. The van der Waals surface area contributed by atoms with Gasteiger partial charge in [-0.25, -0.2) is 22.6 Å². The summed E-state index contributed by atoms with van der Waals surface area (Å²) in [7, 11) is 0. The van der Waals surface area contributed by atoms with Crippen LogP contribution in [0.5, 0.6) is 0 Å². The molecule has 0 bridgehead atoms. The maximum atomic E-state index is 14.3. The van der Waals surface area contributed by atoms with Crippen molar-refractivity contribution < 1.29 is 22.4 Å². The number of rotatable bonds is 3. The second-order valence-electron chi connectivity index (χ2n) is 4.94. The van der Waals surface area contributed by atoms with E-state index in [0.717, 1.165) is 12.1 Å². The third-order valence-electron chi connectivity index (χ3n) is 3.46. The van der Waals surface area contributed by atoms with E-state index >= 15 is 0 Å². The molecule has 116 valence electrons. The van der Waals surface area contributed by atoms with Crippen molar-refractivity contribution in [2.24, 2.45) is 10.7 Å². The first-order valence-corrected chi connectivity index (χ1v) is 6.94. The summed E-state index contributed by atoms with van der Waals surface area (Å²) in [6.45, 7) is 0. The lowest BCUT2D eigenvalue weighted by molar-refractivity contribution is -0.144. The summed E-state index contributed by atoms with van der Waals surface area (Å²) in [5, 5.41) is 2.33. The maximum Gasteiger partial charge on any atom is 0.283 e. The average molecular weight is 329 g/mol. The number of benzene rings is 1. The van der Waals surface area contributed by atoms with Crippen LogP contribution in [0, 0.1) is 0 Å². The zero-order chi connectivity index (χ0) is 16.5. The Bertz CT molecular complexity index is 623. The fourth-order valence-electron chi connectivity index (χ4n) is 2.43. The van der Waals surface area contributed by atoms with Gasteiger partial charge in [-0.05, 0) is 17.7 Å². The highest BCUT2D eigenvalue weighted by molar-refractivity contribution is 6.60. The topological polar surface area (TPSA) is 67.5 Å². The summed E-state index contributed by atoms with van der Waals surface area (Å²) >= 11 is 1.84. The smallest absolute Gasteiger partial charge is 0.283 e. The fraction of sp³-hybridized carbons (Fsp3) is 0.385. The highest BCUT2D eigenvalue weighted by atomic mass is 27.0. The summed E-state index contributed by atoms with van der Waals surface area (Å²) in [5.41, 5.74) is 2.11. The Balaban J connectivity index is 2.61. The number of anilines is 1. The van der Waals surface area contributed by atoms with E-state index < -0.39 is 34.6 Å². The molecule has 1 amide bonds. The molecule has 0 saturated heterocycles. The Morgan fingerprint density at radius 3 is 2.68 bits per heavy atom. The second-order valence-corrected chi connectivity index (χ2v) is 5.47. The normalized spacial score (nSPS) is 24.0. The lowest BCUT2D eigenvalue weighted by Gasteiger charge is -2.40. The minimum atomic E-state index is -3.76. The molecule has 1 aliphatic heterocycles. The monoisotopic (exact) mass is 329 g/mol. The van der Waals surface area contributed by atoms with Gasteiger partial charge in [0.1, 0.15) is 4.77 Å². The van der Waals surface area contributed by atoms with Crippen molar-refractivity contribution in [1.29, 1.82) is 0 Å².